The summed E-state index contributed by atoms with van der Waals surface area (Å²) >= 11 is 0. The molecule has 1 fully saturated rings. The van der Waals surface area contributed by atoms with Crippen molar-refractivity contribution < 1.29 is 4.79 Å². The van der Waals surface area contributed by atoms with Crippen LogP contribution in [-0.2, 0) is 17.8 Å². The monoisotopic (exact) mass is 407 g/mol. The molecule has 0 bridgehead atoms. The Hall–Kier alpha value is -2.47. The molecule has 1 aromatic carbocycles. The van der Waals surface area contributed by atoms with E-state index in [-0.39, 0.29) is 11.8 Å². The SMILES string of the molecule is CC[C@@H](C(=O)N1CCc2nc(C)nc(N3CCN(CC)CC3)c2C1)c1ccccc1. The molecule has 0 saturated carbocycles. The molecule has 3 heterocycles. The Bertz CT molecular complexity index is 877. The first-order chi connectivity index (χ1) is 14.6. The van der Waals surface area contributed by atoms with Crippen molar-refractivity contribution in [1.29, 1.82) is 0 Å². The van der Waals surface area contributed by atoms with Crippen LogP contribution in [-0.4, -0.2) is 64.9 Å². The number of hydrogen-bond donors (Lipinski definition) is 0. The largest absolute Gasteiger partial charge is 0.354 e. The Labute approximate surface area is 179 Å². The fourth-order valence-corrected chi connectivity index (χ4v) is 4.70. The quantitative estimate of drug-likeness (QED) is 0.763. The van der Waals surface area contributed by atoms with Gasteiger partial charge < -0.3 is 14.7 Å². The minimum atomic E-state index is -0.0873. The lowest BCUT2D eigenvalue weighted by atomic mass is 9.93. The van der Waals surface area contributed by atoms with E-state index in [4.69, 9.17) is 9.97 Å². The van der Waals surface area contributed by atoms with E-state index in [2.05, 4.69) is 35.8 Å². The maximum atomic E-state index is 13.4. The molecule has 0 N–H and O–H groups in total. The summed E-state index contributed by atoms with van der Waals surface area (Å²) in [6.07, 6.45) is 1.61. The summed E-state index contributed by atoms with van der Waals surface area (Å²) in [7, 11) is 0. The van der Waals surface area contributed by atoms with Gasteiger partial charge in [-0.3, -0.25) is 4.79 Å². The zero-order valence-electron chi connectivity index (χ0n) is 18.5. The van der Waals surface area contributed by atoms with Crippen molar-refractivity contribution in [2.45, 2.75) is 46.1 Å². The van der Waals surface area contributed by atoms with Crippen molar-refractivity contribution in [3.05, 3.63) is 53.0 Å². The van der Waals surface area contributed by atoms with Crippen LogP contribution in [0.15, 0.2) is 30.3 Å². The normalized spacial score (nSPS) is 18.2. The second kappa shape index (κ2) is 9.13. The van der Waals surface area contributed by atoms with E-state index in [1.54, 1.807) is 0 Å². The van der Waals surface area contributed by atoms with Crippen molar-refractivity contribution in [3.63, 3.8) is 0 Å². The van der Waals surface area contributed by atoms with E-state index in [0.717, 1.165) is 80.6 Å². The fourth-order valence-electron chi connectivity index (χ4n) is 4.70. The van der Waals surface area contributed by atoms with Crippen molar-refractivity contribution >= 4 is 11.7 Å². The zero-order valence-corrected chi connectivity index (χ0v) is 18.5. The number of amides is 1. The van der Waals surface area contributed by atoms with Gasteiger partial charge in [-0.15, -0.1) is 0 Å². The lowest BCUT2D eigenvalue weighted by Gasteiger charge is -2.38. The molecule has 30 heavy (non-hydrogen) atoms. The number of carbonyl (C=O) groups excluding carboxylic acids is 1. The zero-order chi connectivity index (χ0) is 21.1. The molecule has 0 spiro atoms. The fraction of sp³-hybridized carbons (Fsp3) is 0.542. The average molecular weight is 408 g/mol. The molecule has 2 aliphatic rings. The summed E-state index contributed by atoms with van der Waals surface area (Å²) in [5.41, 5.74) is 3.37. The Morgan fingerprint density at radius 1 is 1.03 bits per heavy atom. The highest BCUT2D eigenvalue weighted by molar-refractivity contribution is 5.84. The molecule has 1 saturated heterocycles. The van der Waals surface area contributed by atoms with Gasteiger partial charge in [0.15, 0.2) is 0 Å². The minimum absolute atomic E-state index is 0.0873. The Morgan fingerprint density at radius 2 is 1.77 bits per heavy atom. The topological polar surface area (TPSA) is 52.6 Å². The van der Waals surface area contributed by atoms with Gasteiger partial charge in [0, 0.05) is 44.7 Å². The predicted molar refractivity (Wildman–Crippen MR) is 120 cm³/mol. The number of rotatable bonds is 5. The number of aromatic nitrogens is 2. The van der Waals surface area contributed by atoms with E-state index in [0.29, 0.717) is 6.54 Å². The number of benzene rings is 1. The van der Waals surface area contributed by atoms with Gasteiger partial charge in [-0.05, 0) is 25.5 Å². The van der Waals surface area contributed by atoms with Crippen LogP contribution in [0.4, 0.5) is 5.82 Å². The molecule has 1 atom stereocenters. The molecule has 1 amide bonds. The van der Waals surface area contributed by atoms with Gasteiger partial charge in [0.05, 0.1) is 18.2 Å². The second-order valence-electron chi connectivity index (χ2n) is 8.32. The van der Waals surface area contributed by atoms with Crippen LogP contribution >= 0.6 is 0 Å². The molecular weight excluding hydrogens is 374 g/mol. The molecule has 0 aliphatic carbocycles. The van der Waals surface area contributed by atoms with Crippen LogP contribution in [0, 0.1) is 6.92 Å². The number of hydrogen-bond acceptors (Lipinski definition) is 5. The lowest BCUT2D eigenvalue weighted by Crippen LogP contribution is -2.47. The minimum Gasteiger partial charge on any atom is -0.354 e. The number of nitrogens with zero attached hydrogens (tertiary/aromatic N) is 5. The molecular formula is C24H33N5O. The molecule has 0 radical (unpaired) electrons. The third-order valence-corrected chi connectivity index (χ3v) is 6.49. The molecule has 160 valence electrons. The first-order valence-electron chi connectivity index (χ1n) is 11.3. The standard InChI is InChI=1S/C24H33N5O/c1-4-20(19-9-7-6-8-10-19)24(30)29-12-11-22-21(17-29)23(26-18(3)25-22)28-15-13-27(5-2)14-16-28/h6-10,20H,4-5,11-17H2,1-3H3/t20-/m1/s1. The highest BCUT2D eigenvalue weighted by Crippen LogP contribution is 2.30. The predicted octanol–water partition coefficient (Wildman–Crippen LogP) is 3.01. The van der Waals surface area contributed by atoms with Crippen molar-refractivity contribution in [1.82, 2.24) is 19.8 Å². The van der Waals surface area contributed by atoms with E-state index in [1.165, 1.54) is 0 Å². The molecule has 6 heteroatoms. The van der Waals surface area contributed by atoms with Crippen molar-refractivity contribution in [2.24, 2.45) is 0 Å². The summed E-state index contributed by atoms with van der Waals surface area (Å²) in [4.78, 5) is 29.9. The summed E-state index contributed by atoms with van der Waals surface area (Å²) in [5.74, 6) is 2.00. The van der Waals surface area contributed by atoms with Gasteiger partial charge in [-0.1, -0.05) is 44.2 Å². The van der Waals surface area contributed by atoms with E-state index >= 15 is 0 Å². The van der Waals surface area contributed by atoms with Gasteiger partial charge in [0.2, 0.25) is 5.91 Å². The van der Waals surface area contributed by atoms with E-state index in [9.17, 15) is 4.79 Å². The van der Waals surface area contributed by atoms with E-state index < -0.39 is 0 Å². The van der Waals surface area contributed by atoms with E-state index in [1.807, 2.05) is 30.0 Å². The maximum absolute atomic E-state index is 13.4. The van der Waals surface area contributed by atoms with Crippen LogP contribution in [0.5, 0.6) is 0 Å². The summed E-state index contributed by atoms with van der Waals surface area (Å²) in [6.45, 7) is 12.8. The summed E-state index contributed by atoms with van der Waals surface area (Å²) < 4.78 is 0. The molecule has 1 aromatic heterocycles. The molecule has 2 aromatic rings. The van der Waals surface area contributed by atoms with Crippen LogP contribution in [0.3, 0.4) is 0 Å². The first kappa shape index (κ1) is 20.8. The highest BCUT2D eigenvalue weighted by Gasteiger charge is 2.31. The molecule has 4 rings (SSSR count). The van der Waals surface area contributed by atoms with Gasteiger partial charge >= 0.3 is 0 Å². The van der Waals surface area contributed by atoms with Crippen molar-refractivity contribution in [2.75, 3.05) is 44.2 Å². The summed E-state index contributed by atoms with van der Waals surface area (Å²) in [6, 6.07) is 10.2. The third kappa shape index (κ3) is 4.19. The third-order valence-electron chi connectivity index (χ3n) is 6.49. The average Bonchev–Trinajstić information content (AvgIpc) is 2.79. The van der Waals surface area contributed by atoms with Gasteiger partial charge in [-0.25, -0.2) is 9.97 Å². The van der Waals surface area contributed by atoms with Crippen LogP contribution in [0.2, 0.25) is 0 Å². The maximum Gasteiger partial charge on any atom is 0.230 e. The Kier molecular flexibility index (Phi) is 6.32. The number of anilines is 1. The smallest absolute Gasteiger partial charge is 0.230 e. The number of piperazine rings is 1. The summed E-state index contributed by atoms with van der Waals surface area (Å²) in [5, 5.41) is 0. The number of aryl methyl sites for hydroxylation is 1. The van der Waals surface area contributed by atoms with Gasteiger partial charge in [0.25, 0.3) is 0 Å². The van der Waals surface area contributed by atoms with Gasteiger partial charge in [-0.2, -0.15) is 0 Å². The number of fused-ring (bicyclic) bond motifs is 1. The molecule has 0 unspecified atom stereocenters. The first-order valence-corrected chi connectivity index (χ1v) is 11.3. The van der Waals surface area contributed by atoms with Crippen LogP contribution in [0.1, 0.15) is 48.8 Å². The van der Waals surface area contributed by atoms with Crippen LogP contribution in [0.25, 0.3) is 0 Å². The van der Waals surface area contributed by atoms with Crippen molar-refractivity contribution in [3.8, 4) is 0 Å². The lowest BCUT2D eigenvalue weighted by molar-refractivity contribution is -0.133. The Morgan fingerprint density at radius 3 is 2.43 bits per heavy atom. The number of likely N-dealkylation sites (N-methyl/N-ethyl adjacent to an activating group) is 1. The number of carbonyl (C=O) groups is 1. The van der Waals surface area contributed by atoms with Gasteiger partial charge in [0.1, 0.15) is 11.6 Å². The second-order valence-corrected chi connectivity index (χ2v) is 8.32. The molecule has 2 aliphatic heterocycles. The molecule has 6 nitrogen and oxygen atoms in total. The van der Waals surface area contributed by atoms with Crippen LogP contribution < -0.4 is 4.90 Å². The highest BCUT2D eigenvalue weighted by atomic mass is 16.2. The Balaban J connectivity index is 1.57.